The van der Waals surface area contributed by atoms with Gasteiger partial charge in [-0.05, 0) is 18.3 Å². The fourth-order valence-corrected chi connectivity index (χ4v) is 3.99. The number of carboxylic acid groups (broad SMARTS) is 2. The van der Waals surface area contributed by atoms with Gasteiger partial charge in [0.1, 0.15) is 10.9 Å². The summed E-state index contributed by atoms with van der Waals surface area (Å²) in [4.78, 5) is 38.5. The van der Waals surface area contributed by atoms with Crippen LogP contribution in [0.2, 0.25) is 0 Å². The molecule has 1 aliphatic heterocycles. The van der Waals surface area contributed by atoms with Crippen LogP contribution < -0.4 is 10.6 Å². The summed E-state index contributed by atoms with van der Waals surface area (Å²) in [5.41, 5.74) is 0.113. The summed E-state index contributed by atoms with van der Waals surface area (Å²) in [5, 5.41) is 29.6. The van der Waals surface area contributed by atoms with E-state index in [9.17, 15) is 24.6 Å². The maximum Gasteiger partial charge on any atom is 0.327 e. The summed E-state index contributed by atoms with van der Waals surface area (Å²) >= 11 is 5.92. The van der Waals surface area contributed by atoms with E-state index in [0.717, 1.165) is 15.9 Å². The van der Waals surface area contributed by atoms with Crippen LogP contribution in [0.1, 0.15) is 17.3 Å². The summed E-state index contributed by atoms with van der Waals surface area (Å²) in [7, 11) is 0. The Bertz CT molecular complexity index is 1100. The SMILES string of the molecule is O=C(O)C[C@H](C(=O)O)n1c(O)c(C2=c3ccccc3=NC2=O)sc1=S. The molecular formula is C15H10N2O6S2. The third kappa shape index (κ3) is 2.85. The molecule has 1 aliphatic rings. The van der Waals surface area contributed by atoms with Crippen molar-refractivity contribution in [2.45, 2.75) is 12.5 Å². The molecule has 0 fully saturated rings. The molecule has 25 heavy (non-hydrogen) atoms. The monoisotopic (exact) mass is 378 g/mol. The van der Waals surface area contributed by atoms with Crippen LogP contribution in [0.15, 0.2) is 29.3 Å². The highest BCUT2D eigenvalue weighted by Crippen LogP contribution is 2.35. The van der Waals surface area contributed by atoms with Gasteiger partial charge in [-0.3, -0.25) is 14.2 Å². The Labute approximate surface area is 148 Å². The molecule has 0 unspecified atom stereocenters. The second-order valence-electron chi connectivity index (χ2n) is 5.15. The molecular weight excluding hydrogens is 368 g/mol. The molecule has 3 rings (SSSR count). The van der Waals surface area contributed by atoms with E-state index in [2.05, 4.69) is 4.99 Å². The first kappa shape index (κ1) is 17.0. The van der Waals surface area contributed by atoms with Crippen molar-refractivity contribution in [2.24, 2.45) is 4.99 Å². The molecule has 1 amide bonds. The van der Waals surface area contributed by atoms with Gasteiger partial charge in [-0.15, -0.1) is 11.3 Å². The summed E-state index contributed by atoms with van der Waals surface area (Å²) < 4.78 is 0.790. The van der Waals surface area contributed by atoms with Gasteiger partial charge in [-0.1, -0.05) is 18.2 Å². The van der Waals surface area contributed by atoms with E-state index in [4.69, 9.17) is 17.3 Å². The van der Waals surface area contributed by atoms with E-state index in [1.807, 2.05) is 0 Å². The van der Waals surface area contributed by atoms with Gasteiger partial charge in [0.2, 0.25) is 5.88 Å². The average Bonchev–Trinajstić information content (AvgIpc) is 3.00. The van der Waals surface area contributed by atoms with Crippen molar-refractivity contribution in [3.63, 3.8) is 0 Å². The van der Waals surface area contributed by atoms with E-state index in [-0.39, 0.29) is 14.4 Å². The van der Waals surface area contributed by atoms with Crippen LogP contribution >= 0.6 is 23.6 Å². The van der Waals surface area contributed by atoms with Gasteiger partial charge in [0.05, 0.1) is 17.4 Å². The number of hydrogen-bond donors (Lipinski definition) is 3. The molecule has 0 spiro atoms. The number of rotatable bonds is 5. The third-order valence-electron chi connectivity index (χ3n) is 3.62. The standard InChI is InChI=1S/C15H10N2O6S2/c18-9(19)5-8(14(22)23)17-13(21)11(25-15(17)24)10-6-3-1-2-4-7(6)16-12(10)20/h1-4,8,21H,5H2,(H,18,19)(H,22,23)/t8-/m1/s1. The van der Waals surface area contributed by atoms with Gasteiger partial charge in [0.25, 0.3) is 5.91 Å². The normalized spacial score (nSPS) is 14.1. The number of aliphatic carboxylic acids is 2. The van der Waals surface area contributed by atoms with Gasteiger partial charge in [-0.25, -0.2) is 9.79 Å². The largest absolute Gasteiger partial charge is 0.493 e. The fraction of sp³-hybridized carbons (Fsp3) is 0.133. The Balaban J connectivity index is 2.25. The average molecular weight is 378 g/mol. The minimum atomic E-state index is -1.58. The number of aromatic hydroxyl groups is 1. The second kappa shape index (κ2) is 6.22. The number of para-hydroxylation sites is 1. The molecule has 0 bridgehead atoms. The second-order valence-corrected chi connectivity index (χ2v) is 6.80. The molecule has 2 heterocycles. The van der Waals surface area contributed by atoms with Crippen LogP contribution in [-0.4, -0.2) is 37.7 Å². The van der Waals surface area contributed by atoms with E-state index in [1.54, 1.807) is 24.3 Å². The number of hydrogen-bond acceptors (Lipinski definition) is 6. The van der Waals surface area contributed by atoms with Crippen LogP contribution in [0.3, 0.4) is 0 Å². The molecule has 2 aromatic rings. The van der Waals surface area contributed by atoms with E-state index in [0.29, 0.717) is 10.6 Å². The van der Waals surface area contributed by atoms with E-state index in [1.165, 1.54) is 0 Å². The van der Waals surface area contributed by atoms with Crippen molar-refractivity contribution in [2.75, 3.05) is 0 Å². The number of amides is 1. The van der Waals surface area contributed by atoms with Gasteiger partial charge in [0, 0.05) is 5.22 Å². The Kier molecular flexibility index (Phi) is 4.23. The summed E-state index contributed by atoms with van der Waals surface area (Å²) in [6, 6.07) is 5.11. The molecule has 0 radical (unpaired) electrons. The summed E-state index contributed by atoms with van der Waals surface area (Å²) in [5.74, 6) is -3.94. The van der Waals surface area contributed by atoms with E-state index >= 15 is 0 Å². The first-order valence-corrected chi connectivity index (χ1v) is 8.15. The lowest BCUT2D eigenvalue weighted by Gasteiger charge is -2.13. The van der Waals surface area contributed by atoms with E-state index < -0.39 is 36.2 Å². The zero-order valence-electron chi connectivity index (χ0n) is 12.4. The Morgan fingerprint density at radius 2 is 1.96 bits per heavy atom. The van der Waals surface area contributed by atoms with Crippen molar-refractivity contribution in [3.05, 3.63) is 43.7 Å². The molecule has 10 heteroatoms. The minimum absolute atomic E-state index is 0.0502. The quantitative estimate of drug-likeness (QED) is 0.644. The van der Waals surface area contributed by atoms with Crippen LogP contribution in [0.5, 0.6) is 5.88 Å². The Morgan fingerprint density at radius 3 is 2.60 bits per heavy atom. The topological polar surface area (TPSA) is 129 Å². The Morgan fingerprint density at radius 1 is 1.28 bits per heavy atom. The minimum Gasteiger partial charge on any atom is -0.493 e. The number of benzene rings is 1. The van der Waals surface area contributed by atoms with Crippen molar-refractivity contribution >= 4 is 47.0 Å². The lowest BCUT2D eigenvalue weighted by Crippen LogP contribution is -2.23. The maximum absolute atomic E-state index is 12.2. The number of thiazole rings is 1. The molecule has 0 saturated carbocycles. The molecule has 1 atom stereocenters. The highest BCUT2D eigenvalue weighted by Gasteiger charge is 2.31. The first-order chi connectivity index (χ1) is 11.8. The lowest BCUT2D eigenvalue weighted by molar-refractivity contribution is -0.147. The van der Waals surface area contributed by atoms with Gasteiger partial charge in [-0.2, -0.15) is 0 Å². The predicted octanol–water partition coefficient (Wildman–Crippen LogP) is 0.444. The molecule has 0 aliphatic carbocycles. The first-order valence-electron chi connectivity index (χ1n) is 6.93. The van der Waals surface area contributed by atoms with Crippen LogP contribution in [0, 0.1) is 3.95 Å². The summed E-state index contributed by atoms with van der Waals surface area (Å²) in [6.07, 6.45) is -0.766. The zero-order chi connectivity index (χ0) is 18.3. The van der Waals surface area contributed by atoms with Gasteiger partial charge in [0.15, 0.2) is 3.95 Å². The van der Waals surface area contributed by atoms with Gasteiger partial charge >= 0.3 is 11.9 Å². The number of nitrogens with zero attached hydrogens (tertiary/aromatic N) is 2. The number of aromatic nitrogens is 1. The highest BCUT2D eigenvalue weighted by molar-refractivity contribution is 7.73. The third-order valence-corrected chi connectivity index (χ3v) is 5.03. The molecule has 1 aromatic carbocycles. The maximum atomic E-state index is 12.2. The number of fused-ring (bicyclic) bond motifs is 1. The molecule has 1 aromatic heterocycles. The van der Waals surface area contributed by atoms with Crippen LogP contribution in [-0.2, 0) is 14.4 Å². The predicted molar refractivity (Wildman–Crippen MR) is 88.5 cm³/mol. The fourth-order valence-electron chi connectivity index (χ4n) is 2.55. The van der Waals surface area contributed by atoms with Gasteiger partial charge < -0.3 is 15.3 Å². The number of carbonyl (C=O) groups is 3. The Hall–Kier alpha value is -2.85. The van der Waals surface area contributed by atoms with Crippen molar-refractivity contribution in [1.82, 2.24) is 4.57 Å². The zero-order valence-corrected chi connectivity index (χ0v) is 14.0. The number of carbonyl (C=O) groups excluding carboxylic acids is 1. The molecule has 0 saturated heterocycles. The molecule has 3 N–H and O–H groups in total. The summed E-state index contributed by atoms with van der Waals surface area (Å²) in [6.45, 7) is 0. The molecule has 8 nitrogen and oxygen atoms in total. The smallest absolute Gasteiger partial charge is 0.327 e. The van der Waals surface area contributed by atoms with Crippen molar-refractivity contribution in [1.29, 1.82) is 0 Å². The van der Waals surface area contributed by atoms with Crippen LogP contribution in [0.25, 0.3) is 5.57 Å². The number of carboxylic acids is 2. The van der Waals surface area contributed by atoms with Crippen LogP contribution in [0.4, 0.5) is 0 Å². The van der Waals surface area contributed by atoms with Crippen molar-refractivity contribution in [3.8, 4) is 5.88 Å². The van der Waals surface area contributed by atoms with Crippen molar-refractivity contribution < 1.29 is 29.7 Å². The molecule has 128 valence electrons. The lowest BCUT2D eigenvalue weighted by atomic mass is 10.1. The highest BCUT2D eigenvalue weighted by atomic mass is 32.1.